The quantitative estimate of drug-likeness (QED) is 0.108. The summed E-state index contributed by atoms with van der Waals surface area (Å²) in [6, 6.07) is -2.97. The third-order valence-electron chi connectivity index (χ3n) is 3.08. The van der Waals surface area contributed by atoms with E-state index in [1.54, 1.807) is 27.7 Å². The molecule has 0 saturated heterocycles. The molecule has 4 atom stereocenters. The Hall–Kier alpha value is -1.98. The van der Waals surface area contributed by atoms with Crippen molar-refractivity contribution in [2.24, 2.45) is 40.5 Å². The molecular weight excluding hydrogens is 542 g/mol. The third kappa shape index (κ3) is 42.6. The first-order valence-electron chi connectivity index (χ1n) is 9.67. The van der Waals surface area contributed by atoms with Gasteiger partial charge in [0.05, 0.1) is 6.54 Å². The smallest absolute Gasteiger partial charge is 0.321 e. The van der Waals surface area contributed by atoms with Gasteiger partial charge in [0.15, 0.2) is 0 Å². The monoisotopic (exact) mass is 582 g/mol. The molecule has 0 rings (SSSR count). The van der Waals surface area contributed by atoms with E-state index >= 15 is 0 Å². The molecule has 0 aliphatic rings. The van der Waals surface area contributed by atoms with E-state index in [0.717, 1.165) is 0 Å². The van der Waals surface area contributed by atoms with Crippen LogP contribution in [-0.4, -0.2) is 91.8 Å². The van der Waals surface area contributed by atoms with Crippen LogP contribution in [0.25, 0.3) is 0 Å². The van der Waals surface area contributed by atoms with E-state index in [9.17, 15) is 24.0 Å². The number of hydrogen-bond acceptors (Lipinski definition) is 11. The topological polar surface area (TPSA) is 317 Å². The predicted octanol–water partition coefficient (Wildman–Crippen LogP) is -2.12. The fourth-order valence-electron chi connectivity index (χ4n) is 0.648. The summed E-state index contributed by atoms with van der Waals surface area (Å²) in [5.74, 6) is -4.56. The minimum absolute atomic E-state index is 0. The van der Waals surface area contributed by atoms with Gasteiger partial charge in [0.1, 0.15) is 24.2 Å². The van der Waals surface area contributed by atoms with E-state index in [1.165, 1.54) is 6.92 Å². The summed E-state index contributed by atoms with van der Waals surface area (Å²) in [5.41, 5.74) is 24.7. The summed E-state index contributed by atoms with van der Waals surface area (Å²) in [6.45, 7) is 8.25. The second-order valence-electron chi connectivity index (χ2n) is 7.07. The minimum atomic E-state index is -1.00. The Morgan fingerprint density at radius 1 is 0.657 bits per heavy atom. The van der Waals surface area contributed by atoms with Crippen LogP contribution in [-0.2, 0) is 41.0 Å². The molecule has 0 spiro atoms. The van der Waals surface area contributed by atoms with Crippen molar-refractivity contribution >= 4 is 42.5 Å². The Labute approximate surface area is 220 Å². The number of carboxylic acid groups (broad SMARTS) is 5. The maximum Gasteiger partial charge on any atom is 0.321 e. The average molecular weight is 583 g/mol. The number of carbonyl (C=O) groups is 5. The molecule has 0 aromatic rings. The van der Waals surface area contributed by atoms with Crippen LogP contribution >= 0.6 is 12.6 Å². The molecule has 15 N–H and O–H groups in total. The molecule has 0 aromatic heterocycles. The summed E-state index contributed by atoms with van der Waals surface area (Å²) >= 11 is 3.65. The van der Waals surface area contributed by atoms with Crippen LogP contribution in [0.1, 0.15) is 34.6 Å². The first kappa shape index (κ1) is 46.4. The normalized spacial score (nSPS) is 12.5. The van der Waals surface area contributed by atoms with Gasteiger partial charge < -0.3 is 54.2 Å². The zero-order valence-corrected chi connectivity index (χ0v) is 22.1. The Morgan fingerprint density at radius 3 is 0.886 bits per heavy atom. The van der Waals surface area contributed by atoms with Crippen LogP contribution in [0, 0.1) is 11.8 Å². The van der Waals surface area contributed by atoms with E-state index < -0.39 is 54.0 Å². The van der Waals surface area contributed by atoms with Crippen molar-refractivity contribution in [3.63, 3.8) is 0 Å². The summed E-state index contributed by atoms with van der Waals surface area (Å²) in [5, 5.41) is 39.9. The third-order valence-corrected chi connectivity index (χ3v) is 3.48. The number of hydrogen-bond donors (Lipinski definition) is 11. The van der Waals surface area contributed by atoms with Gasteiger partial charge in [-0.3, -0.25) is 24.0 Å². The van der Waals surface area contributed by atoms with Gasteiger partial charge in [-0.25, -0.2) is 0 Å². The van der Waals surface area contributed by atoms with Crippen molar-refractivity contribution in [3.8, 4) is 0 Å². The molecule has 215 valence electrons. The van der Waals surface area contributed by atoms with Crippen molar-refractivity contribution < 1.29 is 66.6 Å². The van der Waals surface area contributed by atoms with Crippen LogP contribution in [0.4, 0.5) is 0 Å². The van der Waals surface area contributed by atoms with E-state index in [0.29, 0.717) is 0 Å². The van der Waals surface area contributed by atoms with Gasteiger partial charge in [0.2, 0.25) is 0 Å². The fourth-order valence-corrected chi connectivity index (χ4v) is 0.805. The van der Waals surface area contributed by atoms with Crippen molar-refractivity contribution in [1.29, 1.82) is 0 Å². The molecule has 0 aliphatic heterocycles. The molecule has 0 aliphatic carbocycles. The SMILES string of the molecule is CC(C)[C@H](N)C(=O)O.CC(C)[C@H](N)C(=O)O.C[C@H](N)C(=O)O.NCC(=O)O.N[C@@H](CS)C(=O)O.[Cu]. The number of nitrogens with two attached hydrogens (primary N) is 5. The Kier molecular flexibility index (Phi) is 37.4. The van der Waals surface area contributed by atoms with Gasteiger partial charge in [-0.2, -0.15) is 12.6 Å². The fraction of sp³-hybridized carbons (Fsp3) is 0.722. The number of carboxylic acids is 5. The van der Waals surface area contributed by atoms with Crippen LogP contribution in [0.2, 0.25) is 0 Å². The van der Waals surface area contributed by atoms with E-state index in [-0.39, 0.29) is 41.2 Å². The van der Waals surface area contributed by atoms with Crippen molar-refractivity contribution in [2.45, 2.75) is 58.8 Å². The Bertz CT molecular complexity index is 574. The predicted molar refractivity (Wildman–Crippen MR) is 128 cm³/mol. The van der Waals surface area contributed by atoms with Crippen molar-refractivity contribution in [1.82, 2.24) is 0 Å². The summed E-state index contributed by atoms with van der Waals surface area (Å²) in [4.78, 5) is 48.6. The zero-order chi connectivity index (χ0) is 28.8. The Morgan fingerprint density at radius 2 is 0.886 bits per heavy atom. The van der Waals surface area contributed by atoms with Crippen LogP contribution in [0.3, 0.4) is 0 Å². The van der Waals surface area contributed by atoms with Gasteiger partial charge >= 0.3 is 29.8 Å². The molecule has 1 radical (unpaired) electrons. The average Bonchev–Trinajstić information content (AvgIpc) is 2.72. The molecule has 0 bridgehead atoms. The van der Waals surface area contributed by atoms with Gasteiger partial charge in [-0.05, 0) is 18.8 Å². The molecule has 0 saturated carbocycles. The molecule has 0 aromatic carbocycles. The molecule has 0 unspecified atom stereocenters. The van der Waals surface area contributed by atoms with Gasteiger partial charge in [-0.1, -0.05) is 27.7 Å². The maximum atomic E-state index is 10.0. The number of aliphatic carboxylic acids is 5. The van der Waals surface area contributed by atoms with E-state index in [4.69, 9.17) is 48.5 Å². The molecular formula is C18H41CuN5O10S. The molecule has 0 fully saturated rings. The van der Waals surface area contributed by atoms with Gasteiger partial charge in [0, 0.05) is 22.8 Å². The largest absolute Gasteiger partial charge is 0.480 e. The molecule has 35 heavy (non-hydrogen) atoms. The molecule has 17 heteroatoms. The van der Waals surface area contributed by atoms with Gasteiger partial charge in [0.25, 0.3) is 0 Å². The second-order valence-corrected chi connectivity index (χ2v) is 7.43. The van der Waals surface area contributed by atoms with Crippen molar-refractivity contribution in [3.05, 3.63) is 0 Å². The molecule has 0 heterocycles. The first-order valence-corrected chi connectivity index (χ1v) is 10.3. The van der Waals surface area contributed by atoms with Crippen LogP contribution < -0.4 is 28.7 Å². The Balaban J connectivity index is -0.0000000753. The second kappa shape index (κ2) is 28.3. The number of thiol groups is 1. The van der Waals surface area contributed by atoms with Crippen LogP contribution in [0.15, 0.2) is 0 Å². The summed E-state index contributed by atoms with van der Waals surface area (Å²) in [7, 11) is 0. The number of rotatable bonds is 8. The van der Waals surface area contributed by atoms with Crippen molar-refractivity contribution in [2.75, 3.05) is 12.3 Å². The van der Waals surface area contributed by atoms with E-state index in [2.05, 4.69) is 18.4 Å². The maximum absolute atomic E-state index is 10.0. The minimum Gasteiger partial charge on any atom is -0.480 e. The summed E-state index contributed by atoms with van der Waals surface area (Å²) < 4.78 is 0. The van der Waals surface area contributed by atoms with E-state index in [1.807, 2.05) is 0 Å². The molecule has 0 amide bonds. The zero-order valence-electron chi connectivity index (χ0n) is 20.3. The standard InChI is InChI=1S/2C5H11NO2.C3H7NO2S.C3H7NO2.C2H5NO2.Cu/c2*1-3(2)4(6)5(7)8;4-2(1-7)3(5)6;1-2(4)3(5)6;3-1-2(4)5;/h2*3-4H,6H2,1-2H3,(H,7,8);2,7H,1,4H2,(H,5,6);2H,4H2,1H3,(H,5,6);1,3H2,(H,4,5);/t2*4-;2*2-;;/m0000../s1. The summed E-state index contributed by atoms with van der Waals surface area (Å²) in [6.07, 6.45) is 0. The van der Waals surface area contributed by atoms with Crippen LogP contribution in [0.5, 0.6) is 0 Å². The van der Waals surface area contributed by atoms with Gasteiger partial charge in [-0.15, -0.1) is 0 Å². The first-order chi connectivity index (χ1) is 15.2. The molecule has 15 nitrogen and oxygen atoms in total.